The SMILES string of the molecule is C=CCn1c(COc2cc(Cl)ccc2Cl)nnc1SCC(=O)Nc1cc(C(=O)OC)ccc1C(=O)OC. The summed E-state index contributed by atoms with van der Waals surface area (Å²) >= 11 is 13.3. The molecule has 1 N–H and O–H groups in total. The van der Waals surface area contributed by atoms with Crippen molar-refractivity contribution in [3.8, 4) is 5.75 Å². The Hall–Kier alpha value is -3.54. The number of halogens is 2. The van der Waals surface area contributed by atoms with Gasteiger partial charge in [0, 0.05) is 17.6 Å². The summed E-state index contributed by atoms with van der Waals surface area (Å²) in [6, 6.07) is 8.99. The van der Waals surface area contributed by atoms with Crippen molar-refractivity contribution in [2.24, 2.45) is 0 Å². The molecule has 1 aromatic heterocycles. The lowest BCUT2D eigenvalue weighted by Crippen LogP contribution is -2.18. The molecule has 0 atom stereocenters. The van der Waals surface area contributed by atoms with E-state index in [4.69, 9.17) is 37.4 Å². The van der Waals surface area contributed by atoms with E-state index in [0.717, 1.165) is 11.8 Å². The van der Waals surface area contributed by atoms with E-state index >= 15 is 0 Å². The number of aromatic nitrogens is 3. The summed E-state index contributed by atoms with van der Waals surface area (Å²) in [5.41, 5.74) is 0.358. The smallest absolute Gasteiger partial charge is 0.339 e. The molecule has 194 valence electrons. The Morgan fingerprint density at radius 1 is 1.08 bits per heavy atom. The fourth-order valence-electron chi connectivity index (χ4n) is 3.07. The van der Waals surface area contributed by atoms with Crippen LogP contribution in [0.15, 0.2) is 54.2 Å². The van der Waals surface area contributed by atoms with Gasteiger partial charge in [-0.3, -0.25) is 9.36 Å². The van der Waals surface area contributed by atoms with Gasteiger partial charge in [0.1, 0.15) is 12.4 Å². The van der Waals surface area contributed by atoms with E-state index < -0.39 is 17.8 Å². The average molecular weight is 565 g/mol. The molecule has 0 spiro atoms. The maximum atomic E-state index is 12.7. The highest BCUT2D eigenvalue weighted by atomic mass is 35.5. The number of ether oxygens (including phenoxy) is 3. The van der Waals surface area contributed by atoms with Gasteiger partial charge < -0.3 is 19.5 Å². The minimum absolute atomic E-state index is 0.0521. The number of allylic oxidation sites excluding steroid dienone is 1. The number of nitrogens with zero attached hydrogens (tertiary/aromatic N) is 3. The second-order valence-electron chi connectivity index (χ2n) is 7.24. The van der Waals surface area contributed by atoms with Gasteiger partial charge in [0.2, 0.25) is 5.91 Å². The van der Waals surface area contributed by atoms with Crippen molar-refractivity contribution in [3.05, 3.63) is 76.0 Å². The van der Waals surface area contributed by atoms with Crippen LogP contribution in [-0.2, 0) is 27.4 Å². The number of carbonyl (C=O) groups is 3. The van der Waals surface area contributed by atoms with Crippen LogP contribution >= 0.6 is 35.0 Å². The molecule has 10 nitrogen and oxygen atoms in total. The van der Waals surface area contributed by atoms with Crippen LogP contribution in [0.25, 0.3) is 0 Å². The van der Waals surface area contributed by atoms with Crippen molar-refractivity contribution in [3.63, 3.8) is 0 Å². The maximum Gasteiger partial charge on any atom is 0.339 e. The molecule has 0 bridgehead atoms. The number of esters is 2. The van der Waals surface area contributed by atoms with Crippen molar-refractivity contribution < 1.29 is 28.6 Å². The Balaban J connectivity index is 1.72. The van der Waals surface area contributed by atoms with E-state index in [1.807, 2.05) is 0 Å². The Kier molecular flexibility index (Phi) is 9.95. The highest BCUT2D eigenvalue weighted by molar-refractivity contribution is 7.99. The number of rotatable bonds is 11. The van der Waals surface area contributed by atoms with Gasteiger partial charge in [0.15, 0.2) is 11.0 Å². The lowest BCUT2D eigenvalue weighted by Gasteiger charge is -2.12. The zero-order chi connectivity index (χ0) is 26.9. The van der Waals surface area contributed by atoms with Crippen molar-refractivity contribution >= 4 is 58.5 Å². The lowest BCUT2D eigenvalue weighted by molar-refractivity contribution is -0.113. The van der Waals surface area contributed by atoms with Gasteiger partial charge in [0.25, 0.3) is 0 Å². The number of nitrogens with one attached hydrogen (secondary N) is 1. The Morgan fingerprint density at radius 3 is 2.54 bits per heavy atom. The minimum atomic E-state index is -0.672. The first-order valence-electron chi connectivity index (χ1n) is 10.6. The highest BCUT2D eigenvalue weighted by Crippen LogP contribution is 2.29. The first kappa shape index (κ1) is 28.0. The molecule has 0 fully saturated rings. The van der Waals surface area contributed by atoms with Crippen LogP contribution in [0.4, 0.5) is 5.69 Å². The molecule has 3 aromatic rings. The van der Waals surface area contributed by atoms with Crippen molar-refractivity contribution in [1.82, 2.24) is 14.8 Å². The van der Waals surface area contributed by atoms with Crippen molar-refractivity contribution in [1.29, 1.82) is 0 Å². The zero-order valence-corrected chi connectivity index (χ0v) is 22.2. The number of hydrogen-bond donors (Lipinski definition) is 1. The molecule has 1 amide bonds. The zero-order valence-electron chi connectivity index (χ0n) is 19.8. The number of hydrogen-bond acceptors (Lipinski definition) is 9. The average Bonchev–Trinajstić information content (AvgIpc) is 3.28. The third-order valence-corrected chi connectivity index (χ3v) is 6.32. The highest BCUT2D eigenvalue weighted by Gasteiger charge is 2.19. The van der Waals surface area contributed by atoms with Gasteiger partial charge in [-0.2, -0.15) is 0 Å². The number of thioether (sulfide) groups is 1. The topological polar surface area (TPSA) is 122 Å². The molecule has 0 unspecified atom stereocenters. The fraction of sp³-hybridized carbons (Fsp3) is 0.208. The first-order chi connectivity index (χ1) is 17.8. The van der Waals surface area contributed by atoms with Crippen LogP contribution < -0.4 is 10.1 Å². The molecular formula is C24H22Cl2N4O6S. The number of benzene rings is 2. The Morgan fingerprint density at radius 2 is 1.84 bits per heavy atom. The van der Waals surface area contributed by atoms with Crippen LogP contribution in [0, 0.1) is 0 Å². The van der Waals surface area contributed by atoms with Crippen LogP contribution in [-0.4, -0.2) is 52.6 Å². The molecule has 0 radical (unpaired) electrons. The van der Waals surface area contributed by atoms with Gasteiger partial charge in [-0.25, -0.2) is 9.59 Å². The summed E-state index contributed by atoms with van der Waals surface area (Å²) in [7, 11) is 2.44. The second-order valence-corrected chi connectivity index (χ2v) is 9.03. The Labute approximate surface area is 226 Å². The molecule has 2 aromatic carbocycles. The molecule has 3 rings (SSSR count). The summed E-state index contributed by atoms with van der Waals surface area (Å²) in [6.07, 6.45) is 1.66. The standard InChI is InChI=1S/C24H22Cl2N4O6S/c1-4-9-30-20(12-36-19-11-15(25)6-8-17(19)26)28-29-24(30)37-13-21(31)27-18-10-14(22(32)34-2)5-7-16(18)23(33)35-3/h4-8,10-11H,1,9,12-13H2,2-3H3,(H,27,31). The van der Waals surface area contributed by atoms with E-state index in [1.54, 1.807) is 28.8 Å². The number of methoxy groups -OCH3 is 2. The van der Waals surface area contributed by atoms with Gasteiger partial charge in [-0.05, 0) is 30.3 Å². The van der Waals surface area contributed by atoms with Gasteiger partial charge >= 0.3 is 11.9 Å². The van der Waals surface area contributed by atoms with Crippen LogP contribution in [0.5, 0.6) is 5.75 Å². The third kappa shape index (κ3) is 7.25. The van der Waals surface area contributed by atoms with E-state index in [2.05, 4.69) is 22.1 Å². The summed E-state index contributed by atoms with van der Waals surface area (Å²) in [6.45, 7) is 4.17. The normalized spacial score (nSPS) is 10.5. The predicted octanol–water partition coefficient (Wildman–Crippen LogP) is 4.65. The summed E-state index contributed by atoms with van der Waals surface area (Å²) < 4.78 is 17.0. The molecule has 37 heavy (non-hydrogen) atoms. The van der Waals surface area contributed by atoms with Crippen molar-refractivity contribution in [2.75, 3.05) is 25.3 Å². The predicted molar refractivity (Wildman–Crippen MR) is 139 cm³/mol. The Bertz CT molecular complexity index is 1330. The van der Waals surface area contributed by atoms with E-state index in [-0.39, 0.29) is 29.2 Å². The quantitative estimate of drug-likeness (QED) is 0.201. The third-order valence-electron chi connectivity index (χ3n) is 4.81. The maximum absolute atomic E-state index is 12.7. The molecule has 0 aliphatic carbocycles. The molecule has 0 aliphatic heterocycles. The molecule has 0 saturated carbocycles. The molecule has 13 heteroatoms. The minimum Gasteiger partial charge on any atom is -0.484 e. The summed E-state index contributed by atoms with van der Waals surface area (Å²) in [4.78, 5) is 36.7. The number of amides is 1. The van der Waals surface area contributed by atoms with Gasteiger partial charge in [0.05, 0.1) is 41.8 Å². The fourth-order valence-corrected chi connectivity index (χ4v) is 4.17. The first-order valence-corrected chi connectivity index (χ1v) is 12.4. The van der Waals surface area contributed by atoms with Gasteiger partial charge in [-0.1, -0.05) is 41.0 Å². The molecule has 0 saturated heterocycles. The number of carbonyl (C=O) groups excluding carboxylic acids is 3. The summed E-state index contributed by atoms with van der Waals surface area (Å²) in [5.74, 6) is -0.931. The largest absolute Gasteiger partial charge is 0.484 e. The lowest BCUT2D eigenvalue weighted by atomic mass is 10.1. The van der Waals surface area contributed by atoms with Crippen molar-refractivity contribution in [2.45, 2.75) is 18.3 Å². The second kappa shape index (κ2) is 13.1. The monoisotopic (exact) mass is 564 g/mol. The van der Waals surface area contributed by atoms with E-state index in [9.17, 15) is 14.4 Å². The molecule has 1 heterocycles. The van der Waals surface area contributed by atoms with Crippen LogP contribution in [0.1, 0.15) is 26.5 Å². The van der Waals surface area contributed by atoms with E-state index in [1.165, 1.54) is 32.4 Å². The molecule has 0 aliphatic rings. The number of anilines is 1. The van der Waals surface area contributed by atoms with E-state index in [0.29, 0.717) is 33.3 Å². The summed E-state index contributed by atoms with van der Waals surface area (Å²) in [5, 5.41) is 12.2. The molecular weight excluding hydrogens is 543 g/mol. The van der Waals surface area contributed by atoms with Crippen LogP contribution in [0.2, 0.25) is 10.0 Å². The van der Waals surface area contributed by atoms with Crippen LogP contribution in [0.3, 0.4) is 0 Å². The van der Waals surface area contributed by atoms with Gasteiger partial charge in [-0.15, -0.1) is 16.8 Å².